The highest BCUT2D eigenvalue weighted by atomic mass is 32.1. The van der Waals surface area contributed by atoms with Crippen molar-refractivity contribution >= 4 is 17.2 Å². The highest BCUT2D eigenvalue weighted by Crippen LogP contribution is 2.29. The van der Waals surface area contributed by atoms with Gasteiger partial charge < -0.3 is 4.90 Å². The van der Waals surface area contributed by atoms with Crippen LogP contribution in [0, 0.1) is 19.8 Å². The quantitative estimate of drug-likeness (QED) is 0.524. The van der Waals surface area contributed by atoms with Gasteiger partial charge in [-0.3, -0.25) is 14.4 Å². The Balaban J connectivity index is 1.48. The summed E-state index contributed by atoms with van der Waals surface area (Å²) in [6.45, 7) is 7.31. The molecular weight excluding hydrogens is 416 g/mol. The minimum Gasteiger partial charge on any atom is -0.337 e. The Bertz CT molecular complexity index is 1030. The number of hydrogen-bond acceptors (Lipinski definition) is 4. The molecule has 1 aromatic carbocycles. The highest BCUT2D eigenvalue weighted by Gasteiger charge is 2.33. The van der Waals surface area contributed by atoms with Gasteiger partial charge in [-0.2, -0.15) is 5.10 Å². The number of amides is 1. The number of hydrogen-bond donors (Lipinski definition) is 0. The van der Waals surface area contributed by atoms with Gasteiger partial charge in [0.15, 0.2) is 0 Å². The van der Waals surface area contributed by atoms with Gasteiger partial charge in [-0.15, -0.1) is 11.3 Å². The van der Waals surface area contributed by atoms with E-state index in [-0.39, 0.29) is 11.9 Å². The van der Waals surface area contributed by atoms with Gasteiger partial charge in [-0.05, 0) is 75.9 Å². The Morgan fingerprint density at radius 3 is 2.47 bits per heavy atom. The van der Waals surface area contributed by atoms with E-state index in [0.29, 0.717) is 11.6 Å². The average Bonchev–Trinajstić information content (AvgIpc) is 3.36. The summed E-state index contributed by atoms with van der Waals surface area (Å²) < 4.78 is 1.71. The van der Waals surface area contributed by atoms with Gasteiger partial charge >= 0.3 is 0 Å². The Morgan fingerprint density at radius 2 is 1.88 bits per heavy atom. The zero-order valence-corrected chi connectivity index (χ0v) is 20.4. The van der Waals surface area contributed by atoms with Gasteiger partial charge in [-0.25, -0.2) is 0 Å². The van der Waals surface area contributed by atoms with E-state index in [2.05, 4.69) is 59.4 Å². The van der Waals surface area contributed by atoms with Gasteiger partial charge in [-0.1, -0.05) is 30.3 Å². The maximum absolute atomic E-state index is 13.4. The summed E-state index contributed by atoms with van der Waals surface area (Å²) >= 11 is 1.90. The van der Waals surface area contributed by atoms with Crippen molar-refractivity contribution in [3.63, 3.8) is 0 Å². The summed E-state index contributed by atoms with van der Waals surface area (Å²) in [4.78, 5) is 20.8. The predicted octanol–water partition coefficient (Wildman–Crippen LogP) is 4.69. The summed E-state index contributed by atoms with van der Waals surface area (Å²) in [7, 11) is 3.82. The van der Waals surface area contributed by atoms with Crippen molar-refractivity contribution in [2.45, 2.75) is 45.7 Å². The fourth-order valence-corrected chi connectivity index (χ4v) is 5.84. The molecule has 0 bridgehead atoms. The minimum absolute atomic E-state index is 0.0607. The fraction of sp³-hybridized carbons (Fsp3) is 0.462. The fourth-order valence-electron chi connectivity index (χ4n) is 4.90. The number of piperidine rings is 1. The zero-order valence-electron chi connectivity index (χ0n) is 19.6. The Hall–Kier alpha value is -2.44. The maximum Gasteiger partial charge on any atom is 0.272 e. The SMILES string of the molecule is Cc1cc(C(=O)N(C)C(Cc2ccccc2)C2CCN(Cc3ccc(C)s3)CC2)n(C)n1. The van der Waals surface area contributed by atoms with Gasteiger partial charge in [0.05, 0.1) is 5.69 Å². The first-order valence-electron chi connectivity index (χ1n) is 11.5. The molecule has 0 spiro atoms. The minimum atomic E-state index is 0.0607. The van der Waals surface area contributed by atoms with Crippen LogP contribution in [0.2, 0.25) is 0 Å². The molecule has 2 aromatic heterocycles. The van der Waals surface area contributed by atoms with Crippen molar-refractivity contribution < 1.29 is 4.79 Å². The molecule has 3 aromatic rings. The van der Waals surface area contributed by atoms with Crippen molar-refractivity contribution in [1.82, 2.24) is 19.6 Å². The van der Waals surface area contributed by atoms with Crippen LogP contribution >= 0.6 is 11.3 Å². The predicted molar refractivity (Wildman–Crippen MR) is 131 cm³/mol. The first-order chi connectivity index (χ1) is 15.4. The van der Waals surface area contributed by atoms with Crippen molar-refractivity contribution in [2.24, 2.45) is 13.0 Å². The molecule has 0 saturated carbocycles. The van der Waals surface area contributed by atoms with E-state index in [1.165, 1.54) is 15.3 Å². The number of aryl methyl sites for hydroxylation is 3. The van der Waals surface area contributed by atoms with Gasteiger partial charge in [0.1, 0.15) is 5.69 Å². The number of carbonyl (C=O) groups excluding carboxylic acids is 1. The topological polar surface area (TPSA) is 41.4 Å². The molecule has 4 rings (SSSR count). The van der Waals surface area contributed by atoms with Crippen LogP contribution in [0.4, 0.5) is 0 Å². The third-order valence-corrected chi connectivity index (χ3v) is 7.66. The number of aromatic nitrogens is 2. The molecule has 0 radical (unpaired) electrons. The zero-order chi connectivity index (χ0) is 22.7. The number of carbonyl (C=O) groups is 1. The molecule has 1 aliphatic rings. The summed E-state index contributed by atoms with van der Waals surface area (Å²) in [6, 6.07) is 17.1. The van der Waals surface area contributed by atoms with Gasteiger partial charge in [0.2, 0.25) is 0 Å². The number of benzene rings is 1. The van der Waals surface area contributed by atoms with Crippen LogP contribution in [0.15, 0.2) is 48.5 Å². The molecule has 1 unspecified atom stereocenters. The van der Waals surface area contributed by atoms with E-state index in [0.717, 1.165) is 44.6 Å². The Kier molecular flexibility index (Phi) is 7.11. The summed E-state index contributed by atoms with van der Waals surface area (Å²) in [5.74, 6) is 0.547. The standard InChI is InChI=1S/C26H34N4OS/c1-19-16-25(29(4)27-19)26(31)28(3)24(17-21-8-6-5-7-9-21)22-12-14-30(15-13-22)18-23-11-10-20(2)32-23/h5-11,16,22,24H,12-15,17-18H2,1-4H3. The second kappa shape index (κ2) is 10.0. The van der Waals surface area contributed by atoms with Crippen molar-refractivity contribution in [3.05, 3.63) is 75.2 Å². The van der Waals surface area contributed by atoms with Crippen LogP contribution in [0.1, 0.15) is 44.3 Å². The number of rotatable bonds is 7. The lowest BCUT2D eigenvalue weighted by molar-refractivity contribution is 0.0575. The summed E-state index contributed by atoms with van der Waals surface area (Å²) in [6.07, 6.45) is 3.11. The smallest absolute Gasteiger partial charge is 0.272 e. The lowest BCUT2D eigenvalue weighted by Crippen LogP contribution is -2.47. The number of likely N-dealkylation sites (tertiary alicyclic amines) is 1. The van der Waals surface area contributed by atoms with Crippen LogP contribution in [0.5, 0.6) is 0 Å². The number of thiophene rings is 1. The molecular formula is C26H34N4OS. The second-order valence-electron chi connectivity index (χ2n) is 9.09. The van der Waals surface area contributed by atoms with Crippen molar-refractivity contribution in [2.75, 3.05) is 20.1 Å². The summed E-state index contributed by atoms with van der Waals surface area (Å²) in [5.41, 5.74) is 2.82. The lowest BCUT2D eigenvalue weighted by Gasteiger charge is -2.40. The van der Waals surface area contributed by atoms with E-state index in [1.807, 2.05) is 43.3 Å². The molecule has 3 heterocycles. The normalized spacial score (nSPS) is 16.2. The molecule has 1 amide bonds. The van der Waals surface area contributed by atoms with E-state index in [4.69, 9.17) is 0 Å². The van der Waals surface area contributed by atoms with Crippen LogP contribution < -0.4 is 0 Å². The second-order valence-corrected chi connectivity index (χ2v) is 10.5. The van der Waals surface area contributed by atoms with Gasteiger partial charge in [0.25, 0.3) is 5.91 Å². The average molecular weight is 451 g/mol. The molecule has 32 heavy (non-hydrogen) atoms. The van der Waals surface area contributed by atoms with E-state index in [1.54, 1.807) is 4.68 Å². The molecule has 5 nitrogen and oxygen atoms in total. The highest BCUT2D eigenvalue weighted by molar-refractivity contribution is 7.11. The van der Waals surface area contributed by atoms with Crippen molar-refractivity contribution in [3.8, 4) is 0 Å². The summed E-state index contributed by atoms with van der Waals surface area (Å²) in [5, 5.41) is 4.39. The molecule has 1 aliphatic heterocycles. The number of likely N-dealkylation sites (N-methyl/N-ethyl adjacent to an activating group) is 1. The Labute approximate surface area is 195 Å². The van der Waals surface area contributed by atoms with Crippen LogP contribution in [0.3, 0.4) is 0 Å². The molecule has 0 aliphatic carbocycles. The van der Waals surface area contributed by atoms with E-state index in [9.17, 15) is 4.79 Å². The third-order valence-electron chi connectivity index (χ3n) is 6.68. The lowest BCUT2D eigenvalue weighted by atomic mass is 9.84. The van der Waals surface area contributed by atoms with E-state index < -0.39 is 0 Å². The molecule has 170 valence electrons. The molecule has 1 fully saturated rings. The monoisotopic (exact) mass is 450 g/mol. The van der Waals surface area contributed by atoms with E-state index >= 15 is 0 Å². The molecule has 6 heteroatoms. The van der Waals surface area contributed by atoms with Crippen LogP contribution in [-0.2, 0) is 20.0 Å². The van der Waals surface area contributed by atoms with Gasteiger partial charge in [0, 0.05) is 36.4 Å². The first-order valence-corrected chi connectivity index (χ1v) is 12.3. The molecule has 1 atom stereocenters. The van der Waals surface area contributed by atoms with Crippen LogP contribution in [0.25, 0.3) is 0 Å². The molecule has 0 N–H and O–H groups in total. The van der Waals surface area contributed by atoms with Crippen molar-refractivity contribution in [1.29, 1.82) is 0 Å². The Morgan fingerprint density at radius 1 is 1.16 bits per heavy atom. The number of nitrogens with zero attached hydrogens (tertiary/aromatic N) is 4. The third kappa shape index (κ3) is 5.30. The maximum atomic E-state index is 13.4. The largest absolute Gasteiger partial charge is 0.337 e. The first kappa shape index (κ1) is 22.7. The molecule has 1 saturated heterocycles. The van der Waals surface area contributed by atoms with Crippen LogP contribution in [-0.4, -0.2) is 51.7 Å².